The molecule has 0 unspecified atom stereocenters. The Balaban J connectivity index is 2.28. The molecule has 0 aliphatic heterocycles. The third-order valence-corrected chi connectivity index (χ3v) is 5.62. The summed E-state index contributed by atoms with van der Waals surface area (Å²) in [6.45, 7) is 4.98. The van der Waals surface area contributed by atoms with Crippen molar-refractivity contribution in [2.45, 2.75) is 44.4 Å². The maximum atomic E-state index is 11.8. The van der Waals surface area contributed by atoms with Gasteiger partial charge >= 0.3 is 5.69 Å². The van der Waals surface area contributed by atoms with Gasteiger partial charge in [-0.3, -0.25) is 10.1 Å². The van der Waals surface area contributed by atoms with Crippen LogP contribution in [0.5, 0.6) is 0 Å². The molecule has 0 radical (unpaired) electrons. The SMILES string of the molecule is CC(C)CC1(CNc2cccc(S(C)(=O)=O)c2[N+](=O)[O-])CCC1. The van der Waals surface area contributed by atoms with Gasteiger partial charge in [0.1, 0.15) is 10.6 Å². The molecule has 0 atom stereocenters. The second-order valence-electron chi connectivity index (χ2n) is 6.99. The van der Waals surface area contributed by atoms with Crippen molar-refractivity contribution in [2.24, 2.45) is 11.3 Å². The number of sulfone groups is 1. The Morgan fingerprint density at radius 1 is 1.35 bits per heavy atom. The molecule has 1 fully saturated rings. The first-order valence-electron chi connectivity index (χ1n) is 7.86. The van der Waals surface area contributed by atoms with Gasteiger partial charge in [0.15, 0.2) is 9.84 Å². The minimum Gasteiger partial charge on any atom is -0.379 e. The van der Waals surface area contributed by atoms with Crippen LogP contribution in [0.15, 0.2) is 23.1 Å². The summed E-state index contributed by atoms with van der Waals surface area (Å²) >= 11 is 0. The average molecular weight is 340 g/mol. The van der Waals surface area contributed by atoms with E-state index in [9.17, 15) is 18.5 Å². The molecule has 0 bridgehead atoms. The van der Waals surface area contributed by atoms with Crippen LogP contribution in [0.3, 0.4) is 0 Å². The molecular weight excluding hydrogens is 316 g/mol. The van der Waals surface area contributed by atoms with E-state index in [-0.39, 0.29) is 21.7 Å². The van der Waals surface area contributed by atoms with Gasteiger partial charge in [0.2, 0.25) is 0 Å². The molecule has 7 heteroatoms. The number of hydrogen-bond donors (Lipinski definition) is 1. The van der Waals surface area contributed by atoms with Gasteiger partial charge in [-0.1, -0.05) is 26.3 Å². The van der Waals surface area contributed by atoms with Crippen molar-refractivity contribution in [3.63, 3.8) is 0 Å². The molecule has 0 spiro atoms. The summed E-state index contributed by atoms with van der Waals surface area (Å²) in [7, 11) is -3.65. The van der Waals surface area contributed by atoms with E-state index in [0.717, 1.165) is 25.5 Å². The lowest BCUT2D eigenvalue weighted by atomic mass is 9.64. The second kappa shape index (κ2) is 6.47. The number of nitro groups is 1. The van der Waals surface area contributed by atoms with E-state index in [1.54, 1.807) is 12.1 Å². The summed E-state index contributed by atoms with van der Waals surface area (Å²) in [5, 5.41) is 14.5. The fraction of sp³-hybridized carbons (Fsp3) is 0.625. The van der Waals surface area contributed by atoms with E-state index >= 15 is 0 Å². The highest BCUT2D eigenvalue weighted by Gasteiger charge is 2.37. The van der Waals surface area contributed by atoms with Crippen LogP contribution in [-0.4, -0.2) is 26.1 Å². The predicted molar refractivity (Wildman–Crippen MR) is 90.4 cm³/mol. The average Bonchev–Trinajstić information content (AvgIpc) is 2.39. The first-order valence-corrected chi connectivity index (χ1v) is 9.75. The molecule has 23 heavy (non-hydrogen) atoms. The monoisotopic (exact) mass is 340 g/mol. The summed E-state index contributed by atoms with van der Waals surface area (Å²) < 4.78 is 23.6. The summed E-state index contributed by atoms with van der Waals surface area (Å²) in [5.41, 5.74) is 0.102. The topological polar surface area (TPSA) is 89.3 Å². The zero-order valence-electron chi connectivity index (χ0n) is 13.8. The number of benzene rings is 1. The van der Waals surface area contributed by atoms with Gasteiger partial charge < -0.3 is 5.32 Å². The first kappa shape index (κ1) is 17.7. The number of nitrogens with one attached hydrogen (secondary N) is 1. The Morgan fingerprint density at radius 3 is 2.43 bits per heavy atom. The van der Waals surface area contributed by atoms with Crippen LogP contribution in [0.25, 0.3) is 0 Å². The van der Waals surface area contributed by atoms with Crippen molar-refractivity contribution in [1.29, 1.82) is 0 Å². The van der Waals surface area contributed by atoms with Crippen LogP contribution >= 0.6 is 0 Å². The van der Waals surface area contributed by atoms with E-state index in [1.165, 1.54) is 12.5 Å². The molecule has 1 saturated carbocycles. The summed E-state index contributed by atoms with van der Waals surface area (Å²) in [5.74, 6) is 0.564. The molecule has 6 nitrogen and oxygen atoms in total. The Kier molecular flexibility index (Phi) is 4.98. The number of nitrogens with zero attached hydrogens (tertiary/aromatic N) is 1. The Bertz CT molecular complexity index is 694. The molecule has 1 N–H and O–H groups in total. The van der Waals surface area contributed by atoms with Crippen molar-refractivity contribution in [3.05, 3.63) is 28.3 Å². The highest BCUT2D eigenvalue weighted by atomic mass is 32.2. The third-order valence-electron chi connectivity index (χ3n) is 4.49. The summed E-state index contributed by atoms with van der Waals surface area (Å²) in [6.07, 6.45) is 5.46. The van der Waals surface area contributed by atoms with Crippen molar-refractivity contribution in [1.82, 2.24) is 0 Å². The van der Waals surface area contributed by atoms with Crippen LogP contribution in [-0.2, 0) is 9.84 Å². The molecule has 0 saturated heterocycles. The Morgan fingerprint density at radius 2 is 2.00 bits per heavy atom. The lowest BCUT2D eigenvalue weighted by Gasteiger charge is -2.43. The quantitative estimate of drug-likeness (QED) is 0.605. The van der Waals surface area contributed by atoms with Crippen molar-refractivity contribution in [2.75, 3.05) is 18.1 Å². The zero-order chi connectivity index (χ0) is 17.3. The van der Waals surface area contributed by atoms with Gasteiger partial charge in [0, 0.05) is 12.8 Å². The number of nitro benzene ring substituents is 1. The maximum absolute atomic E-state index is 11.8. The molecule has 2 rings (SSSR count). The zero-order valence-corrected chi connectivity index (χ0v) is 14.6. The molecular formula is C16H24N2O4S. The van der Waals surface area contributed by atoms with Gasteiger partial charge in [-0.2, -0.15) is 0 Å². The number of para-hydroxylation sites is 1. The lowest BCUT2D eigenvalue weighted by molar-refractivity contribution is -0.386. The second-order valence-corrected chi connectivity index (χ2v) is 8.97. The fourth-order valence-corrected chi connectivity index (χ4v) is 4.29. The predicted octanol–water partition coefficient (Wildman–Crippen LogP) is 3.63. The molecule has 0 aromatic heterocycles. The largest absolute Gasteiger partial charge is 0.379 e. The van der Waals surface area contributed by atoms with Gasteiger partial charge in [0.05, 0.1) is 4.92 Å². The molecule has 0 amide bonds. The number of rotatable bonds is 7. The van der Waals surface area contributed by atoms with Crippen molar-refractivity contribution in [3.8, 4) is 0 Å². The standard InChI is InChI=1S/C16H24N2O4S/c1-12(2)10-16(8-5-9-16)11-17-13-6-4-7-14(23(3,21)22)15(13)18(19)20/h4,6-7,12,17H,5,8-11H2,1-3H3. The normalized spacial score (nSPS) is 16.9. The van der Waals surface area contributed by atoms with E-state index in [2.05, 4.69) is 19.2 Å². The van der Waals surface area contributed by atoms with E-state index in [4.69, 9.17) is 0 Å². The number of anilines is 1. The molecule has 1 aromatic carbocycles. The fourth-order valence-electron chi connectivity index (χ4n) is 3.43. The molecule has 1 aliphatic rings. The molecule has 1 aliphatic carbocycles. The Labute approximate surface area is 137 Å². The van der Waals surface area contributed by atoms with Crippen molar-refractivity contribution < 1.29 is 13.3 Å². The number of hydrogen-bond acceptors (Lipinski definition) is 5. The minimum absolute atomic E-state index is 0.170. The van der Waals surface area contributed by atoms with E-state index in [1.807, 2.05) is 0 Å². The lowest BCUT2D eigenvalue weighted by Crippen LogP contribution is -2.37. The maximum Gasteiger partial charge on any atom is 0.310 e. The van der Waals surface area contributed by atoms with E-state index < -0.39 is 14.8 Å². The van der Waals surface area contributed by atoms with Gasteiger partial charge in [-0.25, -0.2) is 8.42 Å². The minimum atomic E-state index is -3.65. The van der Waals surface area contributed by atoms with Gasteiger partial charge in [-0.15, -0.1) is 0 Å². The summed E-state index contributed by atoms with van der Waals surface area (Å²) in [6, 6.07) is 4.40. The van der Waals surface area contributed by atoms with Gasteiger partial charge in [0.25, 0.3) is 0 Å². The van der Waals surface area contributed by atoms with Crippen LogP contribution < -0.4 is 5.32 Å². The van der Waals surface area contributed by atoms with Crippen LogP contribution in [0.2, 0.25) is 0 Å². The Hall–Kier alpha value is -1.63. The van der Waals surface area contributed by atoms with Crippen LogP contribution in [0.4, 0.5) is 11.4 Å². The highest BCUT2D eigenvalue weighted by molar-refractivity contribution is 7.90. The van der Waals surface area contributed by atoms with E-state index in [0.29, 0.717) is 12.5 Å². The molecule has 0 heterocycles. The third kappa shape index (κ3) is 4.02. The molecule has 128 valence electrons. The smallest absolute Gasteiger partial charge is 0.310 e. The van der Waals surface area contributed by atoms with Gasteiger partial charge in [-0.05, 0) is 42.7 Å². The van der Waals surface area contributed by atoms with Crippen LogP contribution in [0.1, 0.15) is 39.5 Å². The first-order chi connectivity index (χ1) is 10.6. The molecule has 1 aromatic rings. The van der Waals surface area contributed by atoms with Crippen LogP contribution in [0, 0.1) is 21.4 Å². The highest BCUT2D eigenvalue weighted by Crippen LogP contribution is 2.46. The summed E-state index contributed by atoms with van der Waals surface area (Å²) in [4.78, 5) is 10.5. The van der Waals surface area contributed by atoms with Crippen molar-refractivity contribution >= 4 is 21.2 Å².